The van der Waals surface area contributed by atoms with E-state index in [9.17, 15) is 4.79 Å². The van der Waals surface area contributed by atoms with Crippen LogP contribution >= 0.6 is 11.6 Å². The molecule has 0 saturated carbocycles. The number of ether oxygens (including phenoxy) is 2. The Hall–Kier alpha value is -3.39. The van der Waals surface area contributed by atoms with Gasteiger partial charge in [-0.3, -0.25) is 4.79 Å². The van der Waals surface area contributed by atoms with E-state index in [1.165, 1.54) is 0 Å². The Morgan fingerprint density at radius 3 is 2.87 bits per heavy atom. The van der Waals surface area contributed by atoms with Crippen molar-refractivity contribution in [2.45, 2.75) is 26.5 Å². The smallest absolute Gasteiger partial charge is 0.289 e. The van der Waals surface area contributed by atoms with Crippen LogP contribution in [0.1, 0.15) is 24.0 Å². The van der Waals surface area contributed by atoms with Crippen LogP contribution in [0.4, 0.5) is 0 Å². The second kappa shape index (κ2) is 8.77. The maximum Gasteiger partial charge on any atom is 0.289 e. The number of carbonyl (C=O) groups excluding carboxylic acids is 1. The molecule has 9 heteroatoms. The van der Waals surface area contributed by atoms with Crippen molar-refractivity contribution < 1.29 is 14.3 Å². The van der Waals surface area contributed by atoms with Crippen LogP contribution in [0.15, 0.2) is 48.5 Å². The molecule has 0 bridgehead atoms. The van der Waals surface area contributed by atoms with E-state index in [0.717, 1.165) is 16.9 Å². The Morgan fingerprint density at radius 1 is 1.32 bits per heavy atom. The Kier molecular flexibility index (Phi) is 5.90. The lowest BCUT2D eigenvalue weighted by Crippen LogP contribution is -2.43. The number of amides is 1. The van der Waals surface area contributed by atoms with Gasteiger partial charge in [0.05, 0.1) is 25.9 Å². The van der Waals surface area contributed by atoms with Crippen LogP contribution in [-0.2, 0) is 16.1 Å². The zero-order valence-electron chi connectivity index (χ0n) is 17.4. The predicted octanol–water partition coefficient (Wildman–Crippen LogP) is 3.42. The van der Waals surface area contributed by atoms with Crippen LogP contribution in [0.2, 0.25) is 5.15 Å². The van der Waals surface area contributed by atoms with E-state index >= 15 is 0 Å². The summed E-state index contributed by atoms with van der Waals surface area (Å²) >= 11 is 5.98. The van der Waals surface area contributed by atoms with Crippen LogP contribution in [0.5, 0.6) is 5.75 Å². The van der Waals surface area contributed by atoms with Gasteiger partial charge in [-0.25, -0.2) is 14.6 Å². The third-order valence-electron chi connectivity index (χ3n) is 4.78. The molecule has 0 aliphatic carbocycles. The summed E-state index contributed by atoms with van der Waals surface area (Å²) in [5.74, 6) is 1.34. The molecule has 1 saturated heterocycles. The third-order valence-corrected chi connectivity index (χ3v) is 4.99. The summed E-state index contributed by atoms with van der Waals surface area (Å²) in [7, 11) is 1.59. The summed E-state index contributed by atoms with van der Waals surface area (Å²) in [6, 6.07) is 10.9. The minimum Gasteiger partial charge on any atom is -0.494 e. The number of rotatable bonds is 5. The average Bonchev–Trinajstić information content (AvgIpc) is 3.17. The molecule has 8 nitrogen and oxygen atoms in total. The number of halogens is 1. The van der Waals surface area contributed by atoms with Gasteiger partial charge in [0.2, 0.25) is 0 Å². The van der Waals surface area contributed by atoms with E-state index < -0.39 is 0 Å². The van der Waals surface area contributed by atoms with E-state index in [4.69, 9.17) is 21.1 Å². The topological polar surface area (TPSA) is 82.4 Å². The van der Waals surface area contributed by atoms with Crippen LogP contribution in [0.3, 0.4) is 0 Å². The van der Waals surface area contributed by atoms with Crippen molar-refractivity contribution in [3.05, 3.63) is 70.7 Å². The molecule has 0 spiro atoms. The maximum atomic E-state index is 13.0. The number of hydrogen-bond acceptors (Lipinski definition) is 6. The summed E-state index contributed by atoms with van der Waals surface area (Å²) in [4.78, 5) is 23.2. The molecular formula is C22H22ClN5O3. The fourth-order valence-corrected chi connectivity index (χ4v) is 3.59. The molecule has 1 atom stereocenters. The molecule has 1 fully saturated rings. The van der Waals surface area contributed by atoms with Crippen molar-refractivity contribution in [1.29, 1.82) is 0 Å². The highest BCUT2D eigenvalue weighted by molar-refractivity contribution is 6.29. The van der Waals surface area contributed by atoms with Crippen LogP contribution in [0, 0.1) is 6.92 Å². The molecule has 1 aliphatic rings. The molecule has 0 radical (unpaired) electrons. The zero-order valence-corrected chi connectivity index (χ0v) is 18.2. The number of hydrogen-bond donors (Lipinski definition) is 0. The molecule has 160 valence electrons. The minimum absolute atomic E-state index is 0.151. The van der Waals surface area contributed by atoms with Gasteiger partial charge in [0, 0.05) is 0 Å². The van der Waals surface area contributed by atoms with Crippen molar-refractivity contribution in [3.63, 3.8) is 0 Å². The molecule has 1 amide bonds. The molecule has 2 aromatic heterocycles. The van der Waals surface area contributed by atoms with E-state index in [1.54, 1.807) is 35.2 Å². The number of carbonyl (C=O) groups is 1. The first-order valence-electron chi connectivity index (χ1n) is 9.78. The van der Waals surface area contributed by atoms with Crippen molar-refractivity contribution in [2.75, 3.05) is 13.7 Å². The summed E-state index contributed by atoms with van der Waals surface area (Å²) in [6.45, 7) is 4.58. The van der Waals surface area contributed by atoms with E-state index in [1.807, 2.05) is 44.2 Å². The van der Waals surface area contributed by atoms with Gasteiger partial charge < -0.3 is 14.4 Å². The Morgan fingerprint density at radius 2 is 2.16 bits per heavy atom. The Balaban J connectivity index is 1.60. The predicted molar refractivity (Wildman–Crippen MR) is 116 cm³/mol. The summed E-state index contributed by atoms with van der Waals surface area (Å²) in [6.07, 6.45) is 3.19. The highest BCUT2D eigenvalue weighted by Gasteiger charge is 2.29. The first-order valence-corrected chi connectivity index (χ1v) is 10.2. The standard InChI is InChI=1S/C22H22ClN5O3/c1-14-11-27(12-17-5-4-6-21(23)25-17)22(29)20(31-14)10-16-7-8-18(19(9-16)30-3)28-13-24-15(2)26-28/h4-10,13-14H,11-12H2,1-3H3/b20-10-/t14-/m0/s1. The number of aromatic nitrogens is 4. The molecule has 3 heterocycles. The van der Waals surface area contributed by atoms with Crippen LogP contribution < -0.4 is 4.74 Å². The molecule has 1 aromatic carbocycles. The van der Waals surface area contributed by atoms with E-state index in [-0.39, 0.29) is 17.8 Å². The Labute approximate surface area is 185 Å². The van der Waals surface area contributed by atoms with E-state index in [0.29, 0.717) is 29.8 Å². The van der Waals surface area contributed by atoms with Gasteiger partial charge in [0.25, 0.3) is 5.91 Å². The van der Waals surface area contributed by atoms with Gasteiger partial charge in [-0.05, 0) is 49.8 Å². The van der Waals surface area contributed by atoms with E-state index in [2.05, 4.69) is 15.1 Å². The first-order chi connectivity index (χ1) is 14.9. The van der Waals surface area contributed by atoms with Gasteiger partial charge in [-0.1, -0.05) is 23.7 Å². The SMILES string of the molecule is COc1cc(/C=C2\O[C@@H](C)CN(Cc3cccc(Cl)n3)C2=O)ccc1-n1cnc(C)n1. The van der Waals surface area contributed by atoms with Gasteiger partial charge in [-0.2, -0.15) is 5.10 Å². The largest absolute Gasteiger partial charge is 0.494 e. The zero-order chi connectivity index (χ0) is 22.0. The van der Waals surface area contributed by atoms with Crippen molar-refractivity contribution in [3.8, 4) is 11.4 Å². The minimum atomic E-state index is -0.199. The van der Waals surface area contributed by atoms with Crippen LogP contribution in [-0.4, -0.2) is 50.3 Å². The quantitative estimate of drug-likeness (QED) is 0.447. The molecule has 1 aliphatic heterocycles. The van der Waals surface area contributed by atoms with Gasteiger partial charge in [0.15, 0.2) is 5.76 Å². The second-order valence-electron chi connectivity index (χ2n) is 7.24. The number of pyridine rings is 1. The molecular weight excluding hydrogens is 418 g/mol. The normalized spacial score (nSPS) is 17.7. The summed E-state index contributed by atoms with van der Waals surface area (Å²) < 4.78 is 13.0. The van der Waals surface area contributed by atoms with Crippen LogP contribution in [0.25, 0.3) is 11.8 Å². The third kappa shape index (κ3) is 4.69. The van der Waals surface area contributed by atoms with Gasteiger partial charge in [-0.15, -0.1) is 0 Å². The first kappa shape index (κ1) is 20.9. The highest BCUT2D eigenvalue weighted by atomic mass is 35.5. The number of morpholine rings is 1. The molecule has 3 aromatic rings. The molecule has 0 N–H and O–H groups in total. The second-order valence-corrected chi connectivity index (χ2v) is 7.63. The number of nitrogens with zero attached hydrogens (tertiary/aromatic N) is 5. The maximum absolute atomic E-state index is 13.0. The van der Waals surface area contributed by atoms with Gasteiger partial charge in [0.1, 0.15) is 34.8 Å². The number of benzene rings is 1. The fraction of sp³-hybridized carbons (Fsp3) is 0.273. The monoisotopic (exact) mass is 439 g/mol. The van der Waals surface area contributed by atoms with Crippen molar-refractivity contribution in [1.82, 2.24) is 24.6 Å². The highest BCUT2D eigenvalue weighted by Crippen LogP contribution is 2.27. The number of methoxy groups -OCH3 is 1. The summed E-state index contributed by atoms with van der Waals surface area (Å²) in [5, 5.41) is 4.72. The molecule has 0 unspecified atom stereocenters. The fourth-order valence-electron chi connectivity index (χ4n) is 3.41. The van der Waals surface area contributed by atoms with Crippen molar-refractivity contribution in [2.24, 2.45) is 0 Å². The Bertz CT molecular complexity index is 1140. The molecule has 31 heavy (non-hydrogen) atoms. The molecule has 4 rings (SSSR count). The summed E-state index contributed by atoms with van der Waals surface area (Å²) in [5.41, 5.74) is 2.25. The van der Waals surface area contributed by atoms with Crippen molar-refractivity contribution >= 4 is 23.6 Å². The lowest BCUT2D eigenvalue weighted by molar-refractivity contribution is -0.139. The average molecular weight is 440 g/mol. The lowest BCUT2D eigenvalue weighted by atomic mass is 10.1. The van der Waals surface area contributed by atoms with Gasteiger partial charge >= 0.3 is 0 Å². The lowest BCUT2D eigenvalue weighted by Gasteiger charge is -2.32. The number of aryl methyl sites for hydroxylation is 1.